The van der Waals surface area contributed by atoms with E-state index < -0.39 is 24.0 Å². The van der Waals surface area contributed by atoms with Crippen molar-refractivity contribution >= 4 is 28.6 Å². The summed E-state index contributed by atoms with van der Waals surface area (Å²) in [6.07, 6.45) is -3.48. The van der Waals surface area contributed by atoms with Gasteiger partial charge in [-0.1, -0.05) is 30.3 Å². The molecule has 36 heavy (non-hydrogen) atoms. The predicted octanol–water partition coefficient (Wildman–Crippen LogP) is 3.74. The molecule has 1 saturated heterocycles. The first-order valence-corrected chi connectivity index (χ1v) is 11.5. The minimum Gasteiger partial charge on any atom is -0.493 e. The summed E-state index contributed by atoms with van der Waals surface area (Å²) in [4.78, 5) is 24.1. The number of nitrogen functional groups attached to an aromatic ring is 1. The molecule has 0 aliphatic carbocycles. The number of carbonyl (C=O) groups excluding carboxylic acids is 1. The van der Waals surface area contributed by atoms with Crippen molar-refractivity contribution in [1.29, 1.82) is 0 Å². The average Bonchev–Trinajstić information content (AvgIpc) is 2.87. The maximum absolute atomic E-state index is 13.1. The van der Waals surface area contributed by atoms with E-state index in [1.165, 1.54) is 14.2 Å². The van der Waals surface area contributed by atoms with E-state index in [1.54, 1.807) is 12.1 Å². The monoisotopic (exact) mass is 503 g/mol. The molecule has 0 atom stereocenters. The minimum absolute atomic E-state index is 0.264. The molecule has 0 unspecified atom stereocenters. The number of nitrogens with one attached hydrogen (secondary N) is 1. The number of halogens is 3. The summed E-state index contributed by atoms with van der Waals surface area (Å²) in [6.45, 7) is -0.600. The van der Waals surface area contributed by atoms with Crippen LogP contribution < -0.4 is 25.4 Å². The Morgan fingerprint density at radius 3 is 2.33 bits per heavy atom. The third kappa shape index (κ3) is 5.39. The highest BCUT2D eigenvalue weighted by Gasteiger charge is 2.43. The van der Waals surface area contributed by atoms with Gasteiger partial charge < -0.3 is 25.4 Å². The molecular weight excluding hydrogens is 475 g/mol. The van der Waals surface area contributed by atoms with Crippen LogP contribution in [0.25, 0.3) is 10.9 Å². The summed E-state index contributed by atoms with van der Waals surface area (Å²) in [5.41, 5.74) is 6.69. The molecule has 1 aliphatic heterocycles. The maximum atomic E-state index is 13.1. The van der Waals surface area contributed by atoms with Gasteiger partial charge in [-0.25, -0.2) is 4.98 Å². The minimum atomic E-state index is -4.48. The number of anilines is 2. The second-order valence-electron chi connectivity index (χ2n) is 8.86. The van der Waals surface area contributed by atoms with E-state index in [2.05, 4.69) is 15.3 Å². The Morgan fingerprint density at radius 1 is 1.08 bits per heavy atom. The number of methoxy groups -OCH3 is 2. The van der Waals surface area contributed by atoms with Gasteiger partial charge in [-0.05, 0) is 30.9 Å². The van der Waals surface area contributed by atoms with Crippen molar-refractivity contribution in [2.75, 3.05) is 44.5 Å². The van der Waals surface area contributed by atoms with Crippen molar-refractivity contribution in [2.45, 2.75) is 25.4 Å². The van der Waals surface area contributed by atoms with Gasteiger partial charge in [0.25, 0.3) is 0 Å². The molecule has 2 heterocycles. The van der Waals surface area contributed by atoms with Crippen LogP contribution in [0.2, 0.25) is 0 Å². The summed E-state index contributed by atoms with van der Waals surface area (Å²) >= 11 is 0. The van der Waals surface area contributed by atoms with Crippen molar-refractivity contribution in [3.63, 3.8) is 0 Å². The molecule has 0 bridgehead atoms. The van der Waals surface area contributed by atoms with Gasteiger partial charge >= 0.3 is 6.18 Å². The average molecular weight is 504 g/mol. The van der Waals surface area contributed by atoms with Gasteiger partial charge in [0.2, 0.25) is 11.9 Å². The number of nitrogens with zero attached hydrogens (tertiary/aromatic N) is 3. The van der Waals surface area contributed by atoms with Crippen molar-refractivity contribution < 1.29 is 27.4 Å². The summed E-state index contributed by atoms with van der Waals surface area (Å²) < 4.78 is 49.1. The Bertz CT molecular complexity index is 1230. The lowest BCUT2D eigenvalue weighted by Gasteiger charge is -2.41. The fraction of sp³-hybridized carbons (Fsp3) is 0.400. The third-order valence-electron chi connectivity index (χ3n) is 6.54. The number of carbonyl (C=O) groups is 1. The van der Waals surface area contributed by atoms with Gasteiger partial charge in [-0.3, -0.25) is 4.79 Å². The molecule has 8 nitrogen and oxygen atoms in total. The quantitative estimate of drug-likeness (QED) is 0.506. The number of amides is 1. The molecule has 3 aromatic rings. The lowest BCUT2D eigenvalue weighted by Crippen LogP contribution is -2.51. The first-order valence-electron chi connectivity index (χ1n) is 11.5. The van der Waals surface area contributed by atoms with Crippen LogP contribution in [0.4, 0.5) is 24.9 Å². The molecule has 4 rings (SSSR count). The standard InChI is InChI=1S/C25H28F3N5O3/c1-35-19-12-17-18(13-20(19)36-2)31-23(32-21(17)29)33-10-8-24(9-11-33,14-16-6-4-3-5-7-16)22(34)30-15-25(26,27)28/h3-7,12-13H,8-11,14-15H2,1-2H3,(H,30,34)(H2,29,31,32). The zero-order valence-corrected chi connectivity index (χ0v) is 20.1. The van der Waals surface area contributed by atoms with Crippen LogP contribution >= 0.6 is 0 Å². The van der Waals surface area contributed by atoms with Crippen molar-refractivity contribution in [3.8, 4) is 11.5 Å². The molecule has 0 saturated carbocycles. The number of ether oxygens (including phenoxy) is 2. The number of hydrogen-bond donors (Lipinski definition) is 2. The number of aromatic nitrogens is 2. The lowest BCUT2D eigenvalue weighted by molar-refractivity contribution is -0.145. The number of alkyl halides is 3. The Balaban J connectivity index is 1.59. The largest absolute Gasteiger partial charge is 0.493 e. The lowest BCUT2D eigenvalue weighted by atomic mass is 9.73. The van der Waals surface area contributed by atoms with E-state index in [4.69, 9.17) is 15.2 Å². The van der Waals surface area contributed by atoms with Crippen molar-refractivity contribution in [2.24, 2.45) is 5.41 Å². The molecule has 2 aromatic carbocycles. The zero-order valence-electron chi connectivity index (χ0n) is 20.1. The maximum Gasteiger partial charge on any atom is 0.405 e. The summed E-state index contributed by atoms with van der Waals surface area (Å²) in [5, 5.41) is 2.71. The summed E-state index contributed by atoms with van der Waals surface area (Å²) in [5.74, 6) is 1.05. The molecule has 1 aliphatic rings. The molecule has 11 heteroatoms. The number of fused-ring (bicyclic) bond motifs is 1. The van der Waals surface area contributed by atoms with E-state index in [-0.39, 0.29) is 5.82 Å². The Kier molecular flexibility index (Phi) is 7.09. The van der Waals surface area contributed by atoms with Crippen molar-refractivity contribution in [1.82, 2.24) is 15.3 Å². The van der Waals surface area contributed by atoms with Crippen LogP contribution in [0, 0.1) is 5.41 Å². The Hall–Kier alpha value is -3.76. The highest BCUT2D eigenvalue weighted by atomic mass is 19.4. The smallest absolute Gasteiger partial charge is 0.405 e. The number of benzene rings is 2. The van der Waals surface area contributed by atoms with Crippen LogP contribution in [0.15, 0.2) is 42.5 Å². The molecule has 0 radical (unpaired) electrons. The zero-order chi connectivity index (χ0) is 25.9. The molecule has 3 N–H and O–H groups in total. The van der Waals surface area contributed by atoms with E-state index in [0.29, 0.717) is 60.7 Å². The van der Waals surface area contributed by atoms with E-state index in [0.717, 1.165) is 5.56 Å². The third-order valence-corrected chi connectivity index (χ3v) is 6.54. The first kappa shape index (κ1) is 25.3. The molecule has 1 aromatic heterocycles. The summed E-state index contributed by atoms with van der Waals surface area (Å²) in [7, 11) is 3.05. The highest BCUT2D eigenvalue weighted by molar-refractivity contribution is 5.92. The van der Waals surface area contributed by atoms with Crippen LogP contribution in [0.1, 0.15) is 18.4 Å². The second-order valence-corrected chi connectivity index (χ2v) is 8.86. The van der Waals surface area contributed by atoms with E-state index >= 15 is 0 Å². The van der Waals surface area contributed by atoms with Gasteiger partial charge in [0.15, 0.2) is 11.5 Å². The topological polar surface area (TPSA) is 103 Å². The van der Waals surface area contributed by atoms with Gasteiger partial charge in [0.05, 0.1) is 25.2 Å². The number of piperidine rings is 1. The van der Waals surface area contributed by atoms with E-state index in [9.17, 15) is 18.0 Å². The van der Waals surface area contributed by atoms with Crippen LogP contribution in [0.5, 0.6) is 11.5 Å². The summed E-state index contributed by atoms with van der Waals surface area (Å²) in [6, 6.07) is 12.7. The fourth-order valence-electron chi connectivity index (χ4n) is 4.58. The van der Waals surface area contributed by atoms with Crippen LogP contribution in [-0.4, -0.2) is 55.9 Å². The number of rotatable bonds is 7. The molecule has 1 amide bonds. The van der Waals surface area contributed by atoms with E-state index in [1.807, 2.05) is 35.2 Å². The Labute approximate surface area is 206 Å². The molecule has 192 valence electrons. The molecular formula is C25H28F3N5O3. The first-order chi connectivity index (χ1) is 17.1. The normalized spacial score (nSPS) is 15.5. The van der Waals surface area contributed by atoms with Crippen LogP contribution in [-0.2, 0) is 11.2 Å². The predicted molar refractivity (Wildman–Crippen MR) is 130 cm³/mol. The van der Waals surface area contributed by atoms with Gasteiger partial charge in [-0.2, -0.15) is 18.2 Å². The Morgan fingerprint density at radius 2 is 1.72 bits per heavy atom. The SMILES string of the molecule is COc1cc2nc(N3CCC(Cc4ccccc4)(C(=O)NCC(F)(F)F)CC3)nc(N)c2cc1OC. The number of hydrogen-bond acceptors (Lipinski definition) is 7. The fourth-order valence-corrected chi connectivity index (χ4v) is 4.58. The van der Waals surface area contributed by atoms with Crippen molar-refractivity contribution in [3.05, 3.63) is 48.0 Å². The molecule has 0 spiro atoms. The van der Waals surface area contributed by atoms with Gasteiger partial charge in [0.1, 0.15) is 12.4 Å². The number of nitrogens with two attached hydrogens (primary N) is 1. The highest BCUT2D eigenvalue weighted by Crippen LogP contribution is 2.38. The van der Waals surface area contributed by atoms with Gasteiger partial charge in [-0.15, -0.1) is 0 Å². The second kappa shape index (κ2) is 10.1. The molecule has 1 fully saturated rings. The van der Waals surface area contributed by atoms with Crippen LogP contribution in [0.3, 0.4) is 0 Å². The van der Waals surface area contributed by atoms with Gasteiger partial charge in [0, 0.05) is 24.5 Å².